The summed E-state index contributed by atoms with van der Waals surface area (Å²) in [5.74, 6) is 1.75. The third-order valence-corrected chi connectivity index (χ3v) is 7.69. The molecule has 3 aliphatic rings. The molecular formula is C23H25N11O. The molecule has 12 heteroatoms. The van der Waals surface area contributed by atoms with E-state index in [-0.39, 0.29) is 29.9 Å². The van der Waals surface area contributed by atoms with Crippen LogP contribution in [0, 0.1) is 0 Å². The Morgan fingerprint density at radius 3 is 2.40 bits per heavy atom. The van der Waals surface area contributed by atoms with E-state index in [0.717, 1.165) is 60.9 Å². The smallest absolute Gasteiger partial charge is 0.292 e. The normalized spacial score (nSPS) is 23.8. The zero-order valence-electron chi connectivity index (χ0n) is 19.0. The highest BCUT2D eigenvalue weighted by Crippen LogP contribution is 2.50. The quantitative estimate of drug-likeness (QED) is 0.402. The van der Waals surface area contributed by atoms with Crippen LogP contribution in [0.25, 0.3) is 16.8 Å². The van der Waals surface area contributed by atoms with Crippen molar-refractivity contribution in [1.29, 1.82) is 0 Å². The Hall–Kier alpha value is -4.09. The molecule has 35 heavy (non-hydrogen) atoms. The molecule has 0 unspecified atom stereocenters. The SMILES string of the molecule is Nc1ncc(-c2cnn3c(N)c(C4CC4)c([C@@H]4C[C@H]5CC[C@@H](C4)N5C(=O)c4nnc[nH]4)nc23)cn1. The van der Waals surface area contributed by atoms with Gasteiger partial charge in [-0.3, -0.25) is 4.79 Å². The number of aromatic amines is 1. The number of amides is 1. The van der Waals surface area contributed by atoms with Crippen molar-refractivity contribution in [1.82, 2.24) is 44.6 Å². The molecule has 1 saturated carbocycles. The first-order chi connectivity index (χ1) is 17.1. The molecule has 0 spiro atoms. The van der Waals surface area contributed by atoms with Crippen LogP contribution in [-0.2, 0) is 0 Å². The van der Waals surface area contributed by atoms with Crippen molar-refractivity contribution in [3.8, 4) is 11.1 Å². The van der Waals surface area contributed by atoms with Crippen LogP contribution in [0.3, 0.4) is 0 Å². The lowest BCUT2D eigenvalue weighted by molar-refractivity contribution is 0.0557. The molecular weight excluding hydrogens is 446 g/mol. The molecule has 2 saturated heterocycles. The summed E-state index contributed by atoms with van der Waals surface area (Å²) in [4.78, 5) is 31.4. The standard InChI is InChI=1S/C23H25N11O/c24-19-17(11-1-2-11)18(31-21-16(9-30-34(19)21)13-7-26-23(25)27-8-13)12-5-14-3-4-15(6-12)33(14)22(35)20-28-10-29-32-20/h7-12,14-15H,1-6,24H2,(H2,25,26,27)(H,28,29,32)/t12-,14-,15+. The van der Waals surface area contributed by atoms with Gasteiger partial charge in [-0.1, -0.05) is 0 Å². The van der Waals surface area contributed by atoms with Gasteiger partial charge in [-0.15, -0.1) is 10.2 Å². The summed E-state index contributed by atoms with van der Waals surface area (Å²) in [6.07, 6.45) is 12.5. The Kier molecular flexibility index (Phi) is 4.32. The van der Waals surface area contributed by atoms with Crippen LogP contribution in [0.4, 0.5) is 11.8 Å². The van der Waals surface area contributed by atoms with Crippen molar-refractivity contribution in [3.63, 3.8) is 0 Å². The largest absolute Gasteiger partial charge is 0.383 e. The molecule has 12 nitrogen and oxygen atoms in total. The number of hydrogen-bond donors (Lipinski definition) is 3. The van der Waals surface area contributed by atoms with Crippen molar-refractivity contribution in [3.05, 3.63) is 42.0 Å². The van der Waals surface area contributed by atoms with Crippen LogP contribution < -0.4 is 11.5 Å². The number of aromatic nitrogens is 8. The van der Waals surface area contributed by atoms with Gasteiger partial charge >= 0.3 is 0 Å². The molecule has 0 aromatic carbocycles. The zero-order chi connectivity index (χ0) is 23.7. The summed E-state index contributed by atoms with van der Waals surface area (Å²) in [7, 11) is 0. The monoisotopic (exact) mass is 471 g/mol. The molecule has 1 amide bonds. The van der Waals surface area contributed by atoms with Gasteiger partial charge in [0.15, 0.2) is 5.65 Å². The average molecular weight is 472 g/mol. The van der Waals surface area contributed by atoms with E-state index in [1.165, 1.54) is 6.33 Å². The summed E-state index contributed by atoms with van der Waals surface area (Å²) >= 11 is 0. The minimum Gasteiger partial charge on any atom is -0.383 e. The van der Waals surface area contributed by atoms with Gasteiger partial charge in [-0.05, 0) is 44.4 Å². The topological polar surface area (TPSA) is 170 Å². The summed E-state index contributed by atoms with van der Waals surface area (Å²) in [6, 6.07) is 0.301. The van der Waals surface area contributed by atoms with Gasteiger partial charge in [0.1, 0.15) is 12.1 Å². The highest BCUT2D eigenvalue weighted by Gasteiger charge is 2.46. The van der Waals surface area contributed by atoms with Crippen molar-refractivity contribution in [2.24, 2.45) is 0 Å². The van der Waals surface area contributed by atoms with Gasteiger partial charge < -0.3 is 21.4 Å². The number of nitrogens with two attached hydrogens (primary N) is 2. The second kappa shape index (κ2) is 7.45. The minimum atomic E-state index is -0.0692. The molecule has 4 aromatic heterocycles. The van der Waals surface area contributed by atoms with E-state index < -0.39 is 0 Å². The maximum absolute atomic E-state index is 13.1. The summed E-state index contributed by atoms with van der Waals surface area (Å²) < 4.78 is 1.74. The minimum absolute atomic E-state index is 0.0692. The van der Waals surface area contributed by atoms with E-state index >= 15 is 0 Å². The predicted molar refractivity (Wildman–Crippen MR) is 126 cm³/mol. The van der Waals surface area contributed by atoms with Crippen LogP contribution in [-0.4, -0.2) is 62.6 Å². The van der Waals surface area contributed by atoms with Gasteiger partial charge in [0, 0.05) is 47.1 Å². The molecule has 7 rings (SSSR count). The van der Waals surface area contributed by atoms with Crippen molar-refractivity contribution in [2.75, 3.05) is 11.5 Å². The number of nitrogens with one attached hydrogen (secondary N) is 1. The van der Waals surface area contributed by atoms with Gasteiger partial charge in [0.05, 0.1) is 11.9 Å². The number of nitrogen functional groups attached to an aromatic ring is 2. The predicted octanol–water partition coefficient (Wildman–Crippen LogP) is 1.90. The first-order valence-electron chi connectivity index (χ1n) is 12.0. The van der Waals surface area contributed by atoms with Gasteiger partial charge in [0.25, 0.3) is 5.91 Å². The summed E-state index contributed by atoms with van der Waals surface area (Å²) in [5.41, 5.74) is 16.9. The highest BCUT2D eigenvalue weighted by molar-refractivity contribution is 5.91. The number of carbonyl (C=O) groups is 1. The first-order valence-corrected chi connectivity index (χ1v) is 12.0. The Morgan fingerprint density at radius 1 is 1.00 bits per heavy atom. The Balaban J connectivity index is 1.29. The van der Waals surface area contributed by atoms with E-state index in [1.807, 2.05) is 4.90 Å². The second-order valence-corrected chi connectivity index (χ2v) is 9.80. The molecule has 2 aliphatic heterocycles. The number of H-pyrrole nitrogens is 1. The fourth-order valence-electron chi connectivity index (χ4n) is 5.99. The molecule has 6 heterocycles. The van der Waals surface area contributed by atoms with Gasteiger partial charge in [-0.2, -0.15) is 9.61 Å². The number of fused-ring (bicyclic) bond motifs is 3. The lowest BCUT2D eigenvalue weighted by atomic mass is 9.85. The first kappa shape index (κ1) is 20.3. The van der Waals surface area contributed by atoms with Gasteiger partial charge in [0.2, 0.25) is 11.8 Å². The number of nitrogens with zero attached hydrogens (tertiary/aromatic N) is 8. The van der Waals surface area contributed by atoms with Crippen LogP contribution >= 0.6 is 0 Å². The number of rotatable bonds is 4. The highest BCUT2D eigenvalue weighted by atomic mass is 16.2. The van der Waals surface area contributed by atoms with Crippen molar-refractivity contribution in [2.45, 2.75) is 62.4 Å². The van der Waals surface area contributed by atoms with E-state index in [4.69, 9.17) is 16.5 Å². The van der Waals surface area contributed by atoms with Crippen LogP contribution in [0.1, 0.15) is 72.2 Å². The van der Waals surface area contributed by atoms with Gasteiger partial charge in [-0.25, -0.2) is 15.0 Å². The Morgan fingerprint density at radius 2 is 1.74 bits per heavy atom. The van der Waals surface area contributed by atoms with E-state index in [9.17, 15) is 4.79 Å². The van der Waals surface area contributed by atoms with Crippen molar-refractivity contribution < 1.29 is 4.79 Å². The number of hydrogen-bond acceptors (Lipinski definition) is 9. The number of carbonyl (C=O) groups excluding carboxylic acids is 1. The third kappa shape index (κ3) is 3.16. The molecule has 2 bridgehead atoms. The van der Waals surface area contributed by atoms with E-state index in [1.54, 1.807) is 23.1 Å². The molecule has 5 N–H and O–H groups in total. The van der Waals surface area contributed by atoms with Crippen LogP contribution in [0.15, 0.2) is 24.9 Å². The molecule has 0 radical (unpaired) electrons. The van der Waals surface area contributed by atoms with Crippen LogP contribution in [0.5, 0.6) is 0 Å². The molecule has 1 aliphatic carbocycles. The fourth-order valence-corrected chi connectivity index (χ4v) is 5.99. The molecule has 178 valence electrons. The maximum atomic E-state index is 13.1. The third-order valence-electron chi connectivity index (χ3n) is 7.69. The van der Waals surface area contributed by atoms with Crippen LogP contribution in [0.2, 0.25) is 0 Å². The lowest BCUT2D eigenvalue weighted by Gasteiger charge is -2.39. The average Bonchev–Trinajstić information content (AvgIpc) is 3.25. The second-order valence-electron chi connectivity index (χ2n) is 9.80. The Labute approximate surface area is 200 Å². The molecule has 3 atom stereocenters. The lowest BCUT2D eigenvalue weighted by Crippen LogP contribution is -2.46. The zero-order valence-corrected chi connectivity index (χ0v) is 19.0. The molecule has 3 fully saturated rings. The van der Waals surface area contributed by atoms with E-state index in [0.29, 0.717) is 23.2 Å². The fraction of sp³-hybridized carbons (Fsp3) is 0.435. The molecule has 4 aromatic rings. The van der Waals surface area contributed by atoms with E-state index in [2.05, 4.69) is 30.2 Å². The number of anilines is 2. The Bertz CT molecular complexity index is 1410. The summed E-state index contributed by atoms with van der Waals surface area (Å²) in [5, 5.41) is 12.3. The number of piperidine rings is 1. The van der Waals surface area contributed by atoms with Crippen molar-refractivity contribution >= 4 is 23.3 Å². The maximum Gasteiger partial charge on any atom is 0.292 e. The summed E-state index contributed by atoms with van der Waals surface area (Å²) in [6.45, 7) is 0.